The highest BCUT2D eigenvalue weighted by atomic mass is 16.3. The van der Waals surface area contributed by atoms with Gasteiger partial charge in [-0.3, -0.25) is 4.79 Å². The number of phenolic OH excluding ortho intramolecular Hbond substituents is 1. The Labute approximate surface area is 107 Å². The van der Waals surface area contributed by atoms with Gasteiger partial charge in [0.25, 0.3) is 0 Å². The Kier molecular flexibility index (Phi) is 3.87. The molecule has 0 radical (unpaired) electrons. The number of rotatable bonds is 6. The van der Waals surface area contributed by atoms with E-state index in [0.717, 1.165) is 31.4 Å². The summed E-state index contributed by atoms with van der Waals surface area (Å²) in [4.78, 5) is 11.8. The van der Waals surface area contributed by atoms with Crippen LogP contribution in [0.3, 0.4) is 0 Å². The maximum Gasteiger partial charge on any atom is 0.224 e. The number of hydrogen-bond acceptors (Lipinski definition) is 3. The minimum atomic E-state index is 0.00361. The lowest BCUT2D eigenvalue weighted by atomic mass is 10.0. The van der Waals surface area contributed by atoms with Gasteiger partial charge in [-0.05, 0) is 48.9 Å². The maximum atomic E-state index is 11.8. The molecule has 4 heteroatoms. The molecule has 1 saturated carbocycles. The Balaban J connectivity index is 1.79. The molecular weight excluding hydrogens is 228 g/mol. The van der Waals surface area contributed by atoms with Gasteiger partial charge >= 0.3 is 0 Å². The first kappa shape index (κ1) is 12.9. The lowest BCUT2D eigenvalue weighted by Crippen LogP contribution is -2.32. The fourth-order valence-electron chi connectivity index (χ4n) is 2.20. The van der Waals surface area contributed by atoms with Crippen molar-refractivity contribution in [1.82, 2.24) is 5.32 Å². The number of aromatic hydroxyl groups is 1. The monoisotopic (exact) mass is 248 g/mol. The molecule has 1 fully saturated rings. The lowest BCUT2D eigenvalue weighted by Gasteiger charge is -2.14. The van der Waals surface area contributed by atoms with Crippen molar-refractivity contribution in [2.45, 2.75) is 25.7 Å². The molecule has 0 saturated heterocycles. The highest BCUT2D eigenvalue weighted by molar-refractivity contribution is 5.78. The summed E-state index contributed by atoms with van der Waals surface area (Å²) in [5.74, 6) is 0.200. The fourth-order valence-corrected chi connectivity index (χ4v) is 2.20. The van der Waals surface area contributed by atoms with Crippen LogP contribution in [0.4, 0.5) is 0 Å². The second-order valence-electron chi connectivity index (χ2n) is 5.16. The third kappa shape index (κ3) is 3.47. The van der Waals surface area contributed by atoms with E-state index in [9.17, 15) is 9.90 Å². The summed E-state index contributed by atoms with van der Waals surface area (Å²) in [5.41, 5.74) is 6.66. The van der Waals surface area contributed by atoms with Crippen molar-refractivity contribution in [1.29, 1.82) is 0 Å². The number of amides is 1. The maximum absolute atomic E-state index is 11.8. The number of hydrogen-bond donors (Lipinski definition) is 3. The zero-order chi connectivity index (χ0) is 13.0. The van der Waals surface area contributed by atoms with Crippen molar-refractivity contribution in [3.05, 3.63) is 29.8 Å². The molecule has 2 rings (SSSR count). The number of carbonyl (C=O) groups excluding carboxylic acids is 1. The van der Waals surface area contributed by atoms with E-state index in [-0.39, 0.29) is 17.1 Å². The SMILES string of the molecule is NCCC1(CNC(=O)Cc2cccc(O)c2)CC1. The molecule has 0 heterocycles. The van der Waals surface area contributed by atoms with E-state index in [4.69, 9.17) is 5.73 Å². The summed E-state index contributed by atoms with van der Waals surface area (Å²) < 4.78 is 0. The van der Waals surface area contributed by atoms with E-state index < -0.39 is 0 Å². The first-order chi connectivity index (χ1) is 8.63. The van der Waals surface area contributed by atoms with Crippen LogP contribution in [0, 0.1) is 5.41 Å². The summed E-state index contributed by atoms with van der Waals surface area (Å²) in [5, 5.41) is 12.3. The topological polar surface area (TPSA) is 75.3 Å². The van der Waals surface area contributed by atoms with Crippen LogP contribution in [0.5, 0.6) is 5.75 Å². The summed E-state index contributed by atoms with van der Waals surface area (Å²) >= 11 is 0. The molecule has 1 aliphatic rings. The van der Waals surface area contributed by atoms with Crippen LogP contribution in [-0.4, -0.2) is 24.1 Å². The Hall–Kier alpha value is -1.55. The molecule has 18 heavy (non-hydrogen) atoms. The highest BCUT2D eigenvalue weighted by Gasteiger charge is 2.41. The summed E-state index contributed by atoms with van der Waals surface area (Å²) in [6.45, 7) is 1.41. The van der Waals surface area contributed by atoms with Gasteiger partial charge in [0.2, 0.25) is 5.91 Å². The van der Waals surface area contributed by atoms with Crippen LogP contribution in [-0.2, 0) is 11.2 Å². The summed E-state index contributed by atoms with van der Waals surface area (Å²) in [6.07, 6.45) is 3.62. The van der Waals surface area contributed by atoms with Crippen molar-refractivity contribution >= 4 is 5.91 Å². The van der Waals surface area contributed by atoms with Crippen molar-refractivity contribution in [3.63, 3.8) is 0 Å². The van der Waals surface area contributed by atoms with E-state index in [1.807, 2.05) is 6.07 Å². The predicted octanol–water partition coefficient (Wildman–Crippen LogP) is 1.18. The van der Waals surface area contributed by atoms with Gasteiger partial charge in [0.1, 0.15) is 5.75 Å². The molecule has 98 valence electrons. The molecule has 1 aromatic carbocycles. The van der Waals surface area contributed by atoms with E-state index in [2.05, 4.69) is 5.32 Å². The van der Waals surface area contributed by atoms with Crippen molar-refractivity contribution in [2.75, 3.05) is 13.1 Å². The van der Waals surface area contributed by atoms with Crippen LogP contribution in [0.15, 0.2) is 24.3 Å². The zero-order valence-corrected chi connectivity index (χ0v) is 10.5. The Bertz CT molecular complexity index is 428. The average molecular weight is 248 g/mol. The molecule has 0 bridgehead atoms. The molecule has 4 N–H and O–H groups in total. The summed E-state index contributed by atoms with van der Waals surface area (Å²) in [7, 11) is 0. The fraction of sp³-hybridized carbons (Fsp3) is 0.500. The molecular formula is C14H20N2O2. The van der Waals surface area contributed by atoms with Crippen LogP contribution in [0.2, 0.25) is 0 Å². The standard InChI is InChI=1S/C14H20N2O2/c15-7-6-14(4-5-14)10-16-13(18)9-11-2-1-3-12(17)8-11/h1-3,8,17H,4-7,9-10,15H2,(H,16,18). The van der Waals surface area contributed by atoms with Crippen molar-refractivity contribution in [3.8, 4) is 5.75 Å². The molecule has 0 aromatic heterocycles. The first-order valence-electron chi connectivity index (χ1n) is 6.38. The predicted molar refractivity (Wildman–Crippen MR) is 70.2 cm³/mol. The van der Waals surface area contributed by atoms with E-state index in [0.29, 0.717) is 13.0 Å². The smallest absolute Gasteiger partial charge is 0.224 e. The average Bonchev–Trinajstić information content (AvgIpc) is 3.08. The number of nitrogens with one attached hydrogen (secondary N) is 1. The summed E-state index contributed by atoms with van der Waals surface area (Å²) in [6, 6.07) is 6.80. The van der Waals surface area contributed by atoms with Crippen molar-refractivity contribution in [2.24, 2.45) is 11.1 Å². The Morgan fingerprint density at radius 1 is 1.44 bits per heavy atom. The molecule has 1 aliphatic carbocycles. The molecule has 0 atom stereocenters. The van der Waals surface area contributed by atoms with Crippen LogP contribution in [0.1, 0.15) is 24.8 Å². The molecule has 4 nitrogen and oxygen atoms in total. The molecule has 0 aliphatic heterocycles. The molecule has 0 unspecified atom stereocenters. The number of carbonyl (C=O) groups is 1. The second kappa shape index (κ2) is 5.40. The number of nitrogens with two attached hydrogens (primary N) is 1. The van der Waals surface area contributed by atoms with Gasteiger partial charge in [-0.1, -0.05) is 12.1 Å². The second-order valence-corrected chi connectivity index (χ2v) is 5.16. The van der Waals surface area contributed by atoms with Gasteiger partial charge < -0.3 is 16.2 Å². The van der Waals surface area contributed by atoms with Gasteiger partial charge in [-0.15, -0.1) is 0 Å². The van der Waals surface area contributed by atoms with Gasteiger partial charge in [-0.25, -0.2) is 0 Å². The lowest BCUT2D eigenvalue weighted by molar-refractivity contribution is -0.120. The van der Waals surface area contributed by atoms with Crippen LogP contribution < -0.4 is 11.1 Å². The van der Waals surface area contributed by atoms with Crippen LogP contribution in [0.25, 0.3) is 0 Å². The third-order valence-electron chi connectivity index (χ3n) is 3.57. The van der Waals surface area contributed by atoms with Crippen LogP contribution >= 0.6 is 0 Å². The van der Waals surface area contributed by atoms with Gasteiger partial charge in [0.05, 0.1) is 6.42 Å². The van der Waals surface area contributed by atoms with E-state index in [1.54, 1.807) is 18.2 Å². The first-order valence-corrected chi connectivity index (χ1v) is 6.38. The largest absolute Gasteiger partial charge is 0.508 e. The minimum absolute atomic E-state index is 0.00361. The van der Waals surface area contributed by atoms with E-state index in [1.165, 1.54) is 0 Å². The zero-order valence-electron chi connectivity index (χ0n) is 10.5. The van der Waals surface area contributed by atoms with Gasteiger partial charge in [-0.2, -0.15) is 0 Å². The highest BCUT2D eigenvalue weighted by Crippen LogP contribution is 2.47. The normalized spacial score (nSPS) is 16.3. The Morgan fingerprint density at radius 2 is 2.22 bits per heavy atom. The molecule has 1 aromatic rings. The van der Waals surface area contributed by atoms with E-state index >= 15 is 0 Å². The van der Waals surface area contributed by atoms with Crippen molar-refractivity contribution < 1.29 is 9.90 Å². The molecule has 0 spiro atoms. The number of phenols is 1. The Morgan fingerprint density at radius 3 is 2.83 bits per heavy atom. The van der Waals surface area contributed by atoms with Gasteiger partial charge in [0, 0.05) is 6.54 Å². The van der Waals surface area contributed by atoms with Gasteiger partial charge in [0.15, 0.2) is 0 Å². The number of benzene rings is 1. The minimum Gasteiger partial charge on any atom is -0.508 e. The third-order valence-corrected chi connectivity index (χ3v) is 3.57. The quantitative estimate of drug-likeness (QED) is 0.707. The molecule has 1 amide bonds.